The first-order chi connectivity index (χ1) is 6.44. The maximum atomic E-state index is 11.4. The first-order valence-corrected chi connectivity index (χ1v) is 4.85. The lowest BCUT2D eigenvalue weighted by atomic mass is 9.93. The van der Waals surface area contributed by atoms with Gasteiger partial charge < -0.3 is 15.0 Å². The smallest absolute Gasteiger partial charge is 0.312 e. The number of nitrogens with one attached hydrogen (secondary N) is 1. The molecule has 0 amide bonds. The lowest BCUT2D eigenvalue weighted by Gasteiger charge is -2.27. The van der Waals surface area contributed by atoms with Crippen molar-refractivity contribution in [3.05, 3.63) is 0 Å². The van der Waals surface area contributed by atoms with E-state index in [0.29, 0.717) is 6.54 Å². The van der Waals surface area contributed by atoms with Crippen molar-refractivity contribution in [2.75, 3.05) is 40.8 Å². The lowest BCUT2D eigenvalue weighted by Crippen LogP contribution is -2.40. The molecule has 0 heterocycles. The van der Waals surface area contributed by atoms with Gasteiger partial charge in [-0.25, -0.2) is 0 Å². The van der Waals surface area contributed by atoms with Crippen LogP contribution < -0.4 is 5.32 Å². The summed E-state index contributed by atoms with van der Waals surface area (Å²) >= 11 is 0. The summed E-state index contributed by atoms with van der Waals surface area (Å²) in [5.41, 5.74) is -0.433. The van der Waals surface area contributed by atoms with Crippen molar-refractivity contribution in [3.8, 4) is 0 Å². The average molecular weight is 202 g/mol. The van der Waals surface area contributed by atoms with Gasteiger partial charge in [-0.3, -0.25) is 4.79 Å². The third-order valence-corrected chi connectivity index (χ3v) is 2.15. The number of hydrogen-bond donors (Lipinski definition) is 1. The summed E-state index contributed by atoms with van der Waals surface area (Å²) in [5, 5.41) is 3.07. The van der Waals surface area contributed by atoms with Gasteiger partial charge in [-0.15, -0.1) is 0 Å². The average Bonchev–Trinajstić information content (AvgIpc) is 2.12. The van der Waals surface area contributed by atoms with Crippen molar-refractivity contribution in [1.82, 2.24) is 10.2 Å². The van der Waals surface area contributed by atoms with E-state index in [4.69, 9.17) is 4.74 Å². The van der Waals surface area contributed by atoms with Crippen LogP contribution in [0.15, 0.2) is 0 Å². The molecule has 14 heavy (non-hydrogen) atoms. The second-order valence-electron chi connectivity index (χ2n) is 4.22. The fraction of sp³-hybridized carbons (Fsp3) is 0.900. The van der Waals surface area contributed by atoms with Crippen LogP contribution in [0.5, 0.6) is 0 Å². The van der Waals surface area contributed by atoms with Crippen LogP contribution in [0.4, 0.5) is 0 Å². The summed E-state index contributed by atoms with van der Waals surface area (Å²) in [5.74, 6) is -0.159. The number of ether oxygens (including phenoxy) is 1. The first kappa shape index (κ1) is 13.4. The zero-order chi connectivity index (χ0) is 11.2. The highest BCUT2D eigenvalue weighted by Gasteiger charge is 2.29. The third kappa shape index (κ3) is 4.58. The van der Waals surface area contributed by atoms with Crippen molar-refractivity contribution in [2.45, 2.75) is 13.8 Å². The van der Waals surface area contributed by atoms with E-state index in [0.717, 1.165) is 13.1 Å². The molecule has 4 heteroatoms. The van der Waals surface area contributed by atoms with Crippen LogP contribution in [0.2, 0.25) is 0 Å². The standard InChI is InChI=1S/C10H22N2O2/c1-10(2,9(13)14-5)8-12(4)7-6-11-3/h11H,6-8H2,1-5H3. The molecule has 0 saturated carbocycles. The topological polar surface area (TPSA) is 41.6 Å². The Bertz CT molecular complexity index is 181. The molecule has 0 rings (SSSR count). The SMILES string of the molecule is CNCCN(C)CC(C)(C)C(=O)OC. The van der Waals surface area contributed by atoms with E-state index in [-0.39, 0.29) is 5.97 Å². The van der Waals surface area contributed by atoms with E-state index in [1.54, 1.807) is 0 Å². The predicted molar refractivity (Wildman–Crippen MR) is 57.2 cm³/mol. The largest absolute Gasteiger partial charge is 0.469 e. The van der Waals surface area contributed by atoms with Gasteiger partial charge in [0.05, 0.1) is 12.5 Å². The zero-order valence-electron chi connectivity index (χ0n) is 9.89. The quantitative estimate of drug-likeness (QED) is 0.631. The van der Waals surface area contributed by atoms with Gasteiger partial charge in [-0.1, -0.05) is 0 Å². The number of carbonyl (C=O) groups excluding carboxylic acids is 1. The molecule has 0 aliphatic heterocycles. The van der Waals surface area contributed by atoms with Crippen molar-refractivity contribution in [1.29, 1.82) is 0 Å². The highest BCUT2D eigenvalue weighted by atomic mass is 16.5. The molecule has 0 aromatic rings. The molecule has 0 fully saturated rings. The molecule has 0 radical (unpaired) electrons. The summed E-state index contributed by atoms with van der Waals surface area (Å²) in [7, 11) is 5.35. The molecule has 4 nitrogen and oxygen atoms in total. The lowest BCUT2D eigenvalue weighted by molar-refractivity contribution is -0.151. The van der Waals surface area contributed by atoms with E-state index < -0.39 is 5.41 Å². The van der Waals surface area contributed by atoms with Crippen molar-refractivity contribution >= 4 is 5.97 Å². The fourth-order valence-corrected chi connectivity index (χ4v) is 1.40. The molecule has 0 saturated heterocycles. The second kappa shape index (κ2) is 5.98. The fourth-order valence-electron chi connectivity index (χ4n) is 1.40. The Morgan fingerprint density at radius 1 is 1.50 bits per heavy atom. The molecule has 0 aromatic carbocycles. The molecule has 0 aliphatic rings. The van der Waals surface area contributed by atoms with Crippen LogP contribution >= 0.6 is 0 Å². The number of methoxy groups -OCH3 is 1. The van der Waals surface area contributed by atoms with Crippen LogP contribution in [-0.2, 0) is 9.53 Å². The third-order valence-electron chi connectivity index (χ3n) is 2.15. The van der Waals surface area contributed by atoms with Crippen LogP contribution in [-0.4, -0.2) is 51.7 Å². The second-order valence-corrected chi connectivity index (χ2v) is 4.22. The molecule has 0 aliphatic carbocycles. The number of rotatable bonds is 6. The Morgan fingerprint density at radius 2 is 2.07 bits per heavy atom. The highest BCUT2D eigenvalue weighted by Crippen LogP contribution is 2.17. The van der Waals surface area contributed by atoms with Crippen LogP contribution in [0.25, 0.3) is 0 Å². The predicted octanol–water partition coefficient (Wildman–Crippen LogP) is 0.337. The summed E-state index contributed by atoms with van der Waals surface area (Å²) in [6.07, 6.45) is 0. The van der Waals surface area contributed by atoms with Gasteiger partial charge in [0.1, 0.15) is 0 Å². The van der Waals surface area contributed by atoms with Crippen LogP contribution in [0.1, 0.15) is 13.8 Å². The van der Waals surface area contributed by atoms with Crippen molar-refractivity contribution in [2.24, 2.45) is 5.41 Å². The van der Waals surface area contributed by atoms with Gasteiger partial charge in [-0.05, 0) is 27.9 Å². The van der Waals surface area contributed by atoms with E-state index in [1.807, 2.05) is 27.9 Å². The molecule has 0 bridgehead atoms. The number of hydrogen-bond acceptors (Lipinski definition) is 4. The minimum absolute atomic E-state index is 0.159. The molecule has 0 spiro atoms. The van der Waals surface area contributed by atoms with Crippen molar-refractivity contribution in [3.63, 3.8) is 0 Å². The molecule has 0 unspecified atom stereocenters. The maximum Gasteiger partial charge on any atom is 0.312 e. The van der Waals surface area contributed by atoms with E-state index in [9.17, 15) is 4.79 Å². The molecule has 0 atom stereocenters. The van der Waals surface area contributed by atoms with E-state index in [1.165, 1.54) is 7.11 Å². The Hall–Kier alpha value is -0.610. The van der Waals surface area contributed by atoms with Gasteiger partial charge in [-0.2, -0.15) is 0 Å². The summed E-state index contributed by atoms with van der Waals surface area (Å²) < 4.78 is 4.74. The van der Waals surface area contributed by atoms with Gasteiger partial charge >= 0.3 is 5.97 Å². The number of esters is 1. The van der Waals surface area contributed by atoms with E-state index in [2.05, 4.69) is 10.2 Å². The Morgan fingerprint density at radius 3 is 2.50 bits per heavy atom. The molecular formula is C10H22N2O2. The summed E-state index contributed by atoms with van der Waals surface area (Å²) in [6.45, 7) is 6.36. The summed E-state index contributed by atoms with van der Waals surface area (Å²) in [4.78, 5) is 13.5. The van der Waals surface area contributed by atoms with E-state index >= 15 is 0 Å². The summed E-state index contributed by atoms with van der Waals surface area (Å²) in [6, 6.07) is 0. The zero-order valence-corrected chi connectivity index (χ0v) is 9.89. The Labute approximate surface area is 86.6 Å². The van der Waals surface area contributed by atoms with Gasteiger partial charge in [0.25, 0.3) is 0 Å². The normalized spacial score (nSPS) is 11.9. The number of likely N-dealkylation sites (N-methyl/N-ethyl adjacent to an activating group) is 2. The molecule has 84 valence electrons. The maximum absolute atomic E-state index is 11.4. The molecule has 0 aromatic heterocycles. The number of nitrogens with zero attached hydrogens (tertiary/aromatic N) is 1. The van der Waals surface area contributed by atoms with Crippen LogP contribution in [0.3, 0.4) is 0 Å². The van der Waals surface area contributed by atoms with Crippen LogP contribution in [0, 0.1) is 5.41 Å². The Balaban J connectivity index is 4.01. The van der Waals surface area contributed by atoms with Gasteiger partial charge in [0, 0.05) is 19.6 Å². The Kier molecular flexibility index (Phi) is 5.72. The minimum Gasteiger partial charge on any atom is -0.469 e. The van der Waals surface area contributed by atoms with Gasteiger partial charge in [0.15, 0.2) is 0 Å². The minimum atomic E-state index is -0.433. The molecular weight excluding hydrogens is 180 g/mol. The molecule has 1 N–H and O–H groups in total. The first-order valence-electron chi connectivity index (χ1n) is 4.85. The van der Waals surface area contributed by atoms with Gasteiger partial charge in [0.2, 0.25) is 0 Å². The highest BCUT2D eigenvalue weighted by molar-refractivity contribution is 5.76. The van der Waals surface area contributed by atoms with Crippen molar-refractivity contribution < 1.29 is 9.53 Å². The number of carbonyl (C=O) groups is 1. The monoisotopic (exact) mass is 202 g/mol.